The summed E-state index contributed by atoms with van der Waals surface area (Å²) in [5.74, 6) is 0.846. The monoisotopic (exact) mass is 241 g/mol. The molecule has 0 amide bonds. The molecule has 1 saturated carbocycles. The van der Waals surface area contributed by atoms with E-state index >= 15 is 0 Å². The molecule has 0 unspecified atom stereocenters. The Morgan fingerprint density at radius 2 is 1.82 bits per heavy atom. The van der Waals surface area contributed by atoms with Crippen LogP contribution >= 0.6 is 0 Å². The van der Waals surface area contributed by atoms with Crippen LogP contribution in [0.1, 0.15) is 59.8 Å². The predicted molar refractivity (Wildman–Crippen MR) is 74.2 cm³/mol. The van der Waals surface area contributed by atoms with E-state index in [1.165, 1.54) is 25.7 Å². The number of rotatable bonds is 5. The van der Waals surface area contributed by atoms with Crippen LogP contribution in [0.4, 0.5) is 0 Å². The molecule has 0 heterocycles. The Kier molecular flexibility index (Phi) is 5.03. The highest BCUT2D eigenvalue weighted by Crippen LogP contribution is 2.40. The van der Waals surface area contributed by atoms with Gasteiger partial charge >= 0.3 is 0 Å². The van der Waals surface area contributed by atoms with Gasteiger partial charge in [-0.1, -0.05) is 26.7 Å². The molecule has 0 radical (unpaired) electrons. The molecular formula is C15H31NO. The molecule has 1 rings (SSSR count). The summed E-state index contributed by atoms with van der Waals surface area (Å²) in [6.07, 6.45) is 6.09. The summed E-state index contributed by atoms with van der Waals surface area (Å²) < 4.78 is 0. The van der Waals surface area contributed by atoms with Crippen molar-refractivity contribution < 1.29 is 5.11 Å². The van der Waals surface area contributed by atoms with Crippen LogP contribution in [0.5, 0.6) is 0 Å². The van der Waals surface area contributed by atoms with Gasteiger partial charge in [0.15, 0.2) is 0 Å². The van der Waals surface area contributed by atoms with E-state index in [2.05, 4.69) is 39.6 Å². The lowest BCUT2D eigenvalue weighted by atomic mass is 9.70. The lowest BCUT2D eigenvalue weighted by molar-refractivity contribution is 0.00661. The van der Waals surface area contributed by atoms with Gasteiger partial charge in [-0.15, -0.1) is 0 Å². The molecule has 0 aliphatic heterocycles. The van der Waals surface area contributed by atoms with Crippen LogP contribution in [0.25, 0.3) is 0 Å². The number of hydrogen-bond donors (Lipinski definition) is 1. The first-order valence-corrected chi connectivity index (χ1v) is 7.17. The third-order valence-corrected chi connectivity index (χ3v) is 5.14. The van der Waals surface area contributed by atoms with Crippen LogP contribution < -0.4 is 0 Å². The molecule has 0 aromatic heterocycles. The number of nitrogens with zero attached hydrogens (tertiary/aromatic N) is 1. The van der Waals surface area contributed by atoms with Gasteiger partial charge in [0, 0.05) is 24.1 Å². The summed E-state index contributed by atoms with van der Waals surface area (Å²) in [6.45, 7) is 10.6. The number of aliphatic hydroxyl groups is 1. The highest BCUT2D eigenvalue weighted by Gasteiger charge is 2.37. The average Bonchev–Trinajstić information content (AvgIpc) is 2.32. The van der Waals surface area contributed by atoms with Gasteiger partial charge in [0.25, 0.3) is 0 Å². The fourth-order valence-corrected chi connectivity index (χ4v) is 2.73. The molecule has 1 aliphatic rings. The Balaban J connectivity index is 2.63. The van der Waals surface area contributed by atoms with Crippen LogP contribution in [0.3, 0.4) is 0 Å². The lowest BCUT2D eigenvalue weighted by Gasteiger charge is -2.45. The van der Waals surface area contributed by atoms with Crippen molar-refractivity contribution in [2.45, 2.75) is 65.3 Å². The van der Waals surface area contributed by atoms with Gasteiger partial charge in [-0.2, -0.15) is 0 Å². The minimum Gasteiger partial charge on any atom is -0.396 e. The maximum absolute atomic E-state index is 9.79. The second-order valence-electron chi connectivity index (χ2n) is 6.86. The SMILES string of the molecule is CCC(C)(C)N(C)CC1(CO)CCC(C)CC1. The molecule has 0 bridgehead atoms. The average molecular weight is 241 g/mol. The normalized spacial score (nSPS) is 30.9. The Labute approximate surface area is 107 Å². The summed E-state index contributed by atoms with van der Waals surface area (Å²) in [5.41, 5.74) is 0.402. The topological polar surface area (TPSA) is 23.5 Å². The molecule has 2 nitrogen and oxygen atoms in total. The molecule has 1 N–H and O–H groups in total. The van der Waals surface area contributed by atoms with E-state index < -0.39 is 0 Å². The van der Waals surface area contributed by atoms with E-state index in [1.807, 2.05) is 0 Å². The first kappa shape index (κ1) is 15.0. The molecule has 2 heteroatoms. The molecular weight excluding hydrogens is 210 g/mol. The summed E-state index contributed by atoms with van der Waals surface area (Å²) in [5, 5.41) is 9.79. The Hall–Kier alpha value is -0.0800. The van der Waals surface area contributed by atoms with Crippen molar-refractivity contribution in [3.05, 3.63) is 0 Å². The van der Waals surface area contributed by atoms with E-state index in [0.29, 0.717) is 6.61 Å². The third kappa shape index (κ3) is 3.69. The second kappa shape index (κ2) is 5.71. The van der Waals surface area contributed by atoms with Gasteiger partial charge in [-0.25, -0.2) is 0 Å². The van der Waals surface area contributed by atoms with Gasteiger partial charge in [0.1, 0.15) is 0 Å². The van der Waals surface area contributed by atoms with Crippen molar-refractivity contribution in [3.63, 3.8) is 0 Å². The first-order valence-electron chi connectivity index (χ1n) is 7.17. The van der Waals surface area contributed by atoms with Gasteiger partial charge in [-0.05, 0) is 46.1 Å². The van der Waals surface area contributed by atoms with E-state index in [4.69, 9.17) is 0 Å². The van der Waals surface area contributed by atoms with Gasteiger partial charge in [0.05, 0.1) is 0 Å². The smallest absolute Gasteiger partial charge is 0.0499 e. The van der Waals surface area contributed by atoms with Crippen molar-refractivity contribution in [2.24, 2.45) is 11.3 Å². The van der Waals surface area contributed by atoms with Crippen LogP contribution in [0, 0.1) is 11.3 Å². The van der Waals surface area contributed by atoms with E-state index in [9.17, 15) is 5.11 Å². The van der Waals surface area contributed by atoms with Crippen LogP contribution in [-0.2, 0) is 0 Å². The Bertz CT molecular complexity index is 229. The van der Waals surface area contributed by atoms with Crippen molar-refractivity contribution in [1.29, 1.82) is 0 Å². The summed E-state index contributed by atoms with van der Waals surface area (Å²) in [4.78, 5) is 2.44. The Morgan fingerprint density at radius 1 is 1.29 bits per heavy atom. The standard InChI is InChI=1S/C15H31NO/c1-6-14(3,4)16(5)11-15(12-17)9-7-13(2)8-10-15/h13,17H,6-12H2,1-5H3. The van der Waals surface area contributed by atoms with E-state index in [1.54, 1.807) is 0 Å². The van der Waals surface area contributed by atoms with Gasteiger partial charge in [-0.3, -0.25) is 0 Å². The fraction of sp³-hybridized carbons (Fsp3) is 1.00. The molecule has 0 saturated heterocycles. The van der Waals surface area contributed by atoms with Crippen LogP contribution in [0.2, 0.25) is 0 Å². The summed E-state index contributed by atoms with van der Waals surface area (Å²) >= 11 is 0. The molecule has 1 fully saturated rings. The van der Waals surface area contributed by atoms with Crippen molar-refractivity contribution in [3.8, 4) is 0 Å². The Morgan fingerprint density at radius 3 is 2.24 bits per heavy atom. The lowest BCUT2D eigenvalue weighted by Crippen LogP contribution is -2.49. The van der Waals surface area contributed by atoms with Crippen LogP contribution in [-0.4, -0.2) is 35.7 Å². The van der Waals surface area contributed by atoms with Crippen LogP contribution in [0.15, 0.2) is 0 Å². The first-order chi connectivity index (χ1) is 7.85. The quantitative estimate of drug-likeness (QED) is 0.798. The number of aliphatic hydroxyl groups excluding tert-OH is 1. The molecule has 0 spiro atoms. The zero-order chi connectivity index (χ0) is 13.1. The summed E-state index contributed by atoms with van der Waals surface area (Å²) in [6, 6.07) is 0. The zero-order valence-corrected chi connectivity index (χ0v) is 12.4. The maximum atomic E-state index is 9.79. The van der Waals surface area contributed by atoms with Crippen molar-refractivity contribution in [2.75, 3.05) is 20.2 Å². The molecule has 1 aliphatic carbocycles. The fourth-order valence-electron chi connectivity index (χ4n) is 2.73. The van der Waals surface area contributed by atoms with Gasteiger partial charge < -0.3 is 10.0 Å². The highest BCUT2D eigenvalue weighted by molar-refractivity contribution is 4.90. The third-order valence-electron chi connectivity index (χ3n) is 5.14. The van der Waals surface area contributed by atoms with E-state index in [0.717, 1.165) is 18.9 Å². The largest absolute Gasteiger partial charge is 0.396 e. The van der Waals surface area contributed by atoms with E-state index in [-0.39, 0.29) is 11.0 Å². The molecule has 102 valence electrons. The predicted octanol–water partition coefficient (Wildman–Crippen LogP) is 3.30. The molecule has 0 aromatic rings. The van der Waals surface area contributed by atoms with Crippen molar-refractivity contribution in [1.82, 2.24) is 4.90 Å². The summed E-state index contributed by atoms with van der Waals surface area (Å²) in [7, 11) is 2.21. The maximum Gasteiger partial charge on any atom is 0.0499 e. The molecule has 0 aromatic carbocycles. The molecule has 17 heavy (non-hydrogen) atoms. The van der Waals surface area contributed by atoms with Gasteiger partial charge in [0.2, 0.25) is 0 Å². The second-order valence-corrected chi connectivity index (χ2v) is 6.86. The minimum absolute atomic E-state index is 0.160. The number of hydrogen-bond acceptors (Lipinski definition) is 2. The molecule has 0 atom stereocenters. The minimum atomic E-state index is 0.160. The highest BCUT2D eigenvalue weighted by atomic mass is 16.3. The van der Waals surface area contributed by atoms with Crippen molar-refractivity contribution >= 4 is 0 Å². The zero-order valence-electron chi connectivity index (χ0n) is 12.4.